The summed E-state index contributed by atoms with van der Waals surface area (Å²) in [6.07, 6.45) is 12.3. The van der Waals surface area contributed by atoms with E-state index in [0.29, 0.717) is 65.0 Å². The van der Waals surface area contributed by atoms with Crippen LogP contribution in [0.3, 0.4) is 0 Å². The predicted molar refractivity (Wildman–Crippen MR) is 122 cm³/mol. The summed E-state index contributed by atoms with van der Waals surface area (Å²) in [5.74, 6) is 2.57. The van der Waals surface area contributed by atoms with Crippen LogP contribution in [0.4, 0.5) is 0 Å². The molecule has 0 aromatic heterocycles. The van der Waals surface area contributed by atoms with Gasteiger partial charge in [0.2, 0.25) is 0 Å². The minimum atomic E-state index is 0. The molecule has 4 N–H and O–H groups in total. The molecule has 1 aliphatic heterocycles. The van der Waals surface area contributed by atoms with Crippen LogP contribution in [0.25, 0.3) is 11.1 Å². The summed E-state index contributed by atoms with van der Waals surface area (Å²) in [6.45, 7) is 6.29. The second-order valence-corrected chi connectivity index (χ2v) is 8.18. The van der Waals surface area contributed by atoms with E-state index < -0.39 is 0 Å². The molecule has 1 heterocycles. The first-order chi connectivity index (χ1) is 15.6. The maximum Gasteiger partial charge on any atom is 1.00 e. The second-order valence-electron chi connectivity index (χ2n) is 8.18. The summed E-state index contributed by atoms with van der Waals surface area (Å²) < 4.78 is 27.4. The van der Waals surface area contributed by atoms with E-state index in [2.05, 4.69) is 17.9 Å². The third kappa shape index (κ3) is 10.9. The Hall–Kier alpha value is -0.913. The normalized spacial score (nSPS) is 18.0. The van der Waals surface area contributed by atoms with E-state index in [-0.39, 0.29) is 42.8 Å². The molecule has 2 aliphatic rings. The van der Waals surface area contributed by atoms with Crippen LogP contribution in [0, 0.1) is 24.0 Å². The van der Waals surface area contributed by atoms with Gasteiger partial charge in [0.05, 0.1) is 59.0 Å². The van der Waals surface area contributed by atoms with Crippen LogP contribution in [-0.4, -0.2) is 95.9 Å². The molecule has 1 spiro atoms. The number of nitrogens with zero attached hydrogens (tertiary/aromatic N) is 2. The van der Waals surface area contributed by atoms with E-state index in [0.717, 1.165) is 38.8 Å². The summed E-state index contributed by atoms with van der Waals surface area (Å²) in [4.78, 5) is 1.93. The molecule has 33 heavy (non-hydrogen) atoms. The second kappa shape index (κ2) is 17.5. The quantitative estimate of drug-likeness (QED) is 0.0708. The maximum atomic E-state index is 10.2. The third-order valence-electron chi connectivity index (χ3n) is 5.89. The molecule has 1 saturated heterocycles. The topological polar surface area (TPSA) is 123 Å². The van der Waals surface area contributed by atoms with Crippen LogP contribution in [-0.2, 0) is 23.7 Å². The average Bonchev–Trinajstić information content (AvgIpc) is 2.79. The van der Waals surface area contributed by atoms with Gasteiger partial charge in [0.15, 0.2) is 0 Å². The Morgan fingerprint density at radius 3 is 2.00 bits per heavy atom. The summed E-state index contributed by atoms with van der Waals surface area (Å²) in [7, 11) is 0. The molecule has 0 bridgehead atoms. The molecule has 0 atom stereocenters. The molecule has 1 saturated carbocycles. The van der Waals surface area contributed by atoms with Crippen molar-refractivity contribution in [3.8, 4) is 12.3 Å². The fraction of sp³-hybridized carbons (Fsp3) is 0.783. The Bertz CT molecular complexity index is 612. The summed E-state index contributed by atoms with van der Waals surface area (Å²) in [5.41, 5.74) is 11.7. The fourth-order valence-corrected chi connectivity index (χ4v) is 4.08. The summed E-state index contributed by atoms with van der Waals surface area (Å²) in [6, 6.07) is 0. The van der Waals surface area contributed by atoms with E-state index in [9.17, 15) is 5.41 Å². The largest absolute Gasteiger partial charge is 1.00 e. The zero-order valence-corrected chi connectivity index (χ0v) is 20.1. The zero-order valence-electron chi connectivity index (χ0n) is 20.1. The predicted octanol–water partition coefficient (Wildman–Crippen LogP) is -2.10. The van der Waals surface area contributed by atoms with Gasteiger partial charge in [0.1, 0.15) is 6.61 Å². The first kappa shape index (κ1) is 30.1. The van der Waals surface area contributed by atoms with E-state index in [1.165, 1.54) is 0 Å². The maximum absolute atomic E-state index is 10.2. The van der Waals surface area contributed by atoms with Crippen molar-refractivity contribution in [3.05, 3.63) is 22.9 Å². The summed E-state index contributed by atoms with van der Waals surface area (Å²) in [5, 5.41) is 10.2. The van der Waals surface area contributed by atoms with Crippen LogP contribution in [0.15, 0.2) is 5.57 Å². The van der Waals surface area contributed by atoms with Gasteiger partial charge in [-0.3, -0.25) is 0 Å². The van der Waals surface area contributed by atoms with Gasteiger partial charge in [-0.1, -0.05) is 19.0 Å². The first-order valence-electron chi connectivity index (χ1n) is 11.3. The smallest absolute Gasteiger partial charge is 0.676 e. The van der Waals surface area contributed by atoms with Crippen LogP contribution >= 0.6 is 0 Å². The van der Waals surface area contributed by atoms with Crippen LogP contribution in [0.1, 0.15) is 25.7 Å². The standard InChI is InChI=1S/C23H38N4O5.Li/c1-2-7-28-8-9-29-10-11-30-12-13-31-14-15-32-21-3-5-23(6-4-21)18-27(19-23)22(26)20(16-24)17-25;/h1,21,24H,3-16,18-19H2,25H3;/q-2;+1. The van der Waals surface area contributed by atoms with Crippen molar-refractivity contribution in [2.45, 2.75) is 31.8 Å². The van der Waals surface area contributed by atoms with Crippen LogP contribution in [0.5, 0.6) is 0 Å². The van der Waals surface area contributed by atoms with Gasteiger partial charge in [0.25, 0.3) is 0 Å². The number of likely N-dealkylation sites (tertiary alicyclic amines) is 1. The van der Waals surface area contributed by atoms with Gasteiger partial charge in [0, 0.05) is 0 Å². The minimum Gasteiger partial charge on any atom is -0.676 e. The van der Waals surface area contributed by atoms with Gasteiger partial charge >= 0.3 is 18.9 Å². The molecule has 0 unspecified atom stereocenters. The van der Waals surface area contributed by atoms with Gasteiger partial charge in [-0.15, -0.1) is 6.42 Å². The van der Waals surface area contributed by atoms with Gasteiger partial charge < -0.3 is 45.5 Å². The number of hydrogen-bond donors (Lipinski definition) is 1. The fourth-order valence-electron chi connectivity index (χ4n) is 4.08. The van der Waals surface area contributed by atoms with Gasteiger partial charge in [-0.2, -0.15) is 12.1 Å². The minimum absolute atomic E-state index is 0. The van der Waals surface area contributed by atoms with Crippen molar-refractivity contribution >= 4 is 5.84 Å². The number of quaternary nitrogens is 1. The zero-order chi connectivity index (χ0) is 23.1. The van der Waals surface area contributed by atoms with Gasteiger partial charge in [-0.25, -0.2) is 5.84 Å². The number of terminal acetylenes is 1. The SMILES string of the molecule is C#CCOCCOCCOCCOCCOC1CCC2(CC1)CN(C(=[N-])C(=[C-][NH3+])C[NH-])C2.[Li+]. The molecule has 182 valence electrons. The molecule has 2 rings (SSSR count). The number of amidine groups is 1. The Morgan fingerprint density at radius 1 is 1.00 bits per heavy atom. The molecule has 0 radical (unpaired) electrons. The molecule has 9 nitrogen and oxygen atoms in total. The van der Waals surface area contributed by atoms with E-state index in [1.807, 2.05) is 4.90 Å². The average molecular weight is 458 g/mol. The van der Waals surface area contributed by atoms with Crippen molar-refractivity contribution in [1.29, 1.82) is 0 Å². The molecular formula is C23H38LiN4O5-. The number of rotatable bonds is 16. The van der Waals surface area contributed by atoms with Crippen molar-refractivity contribution < 1.29 is 48.3 Å². The molecule has 0 aromatic rings. The number of ether oxygens (including phenoxy) is 5. The van der Waals surface area contributed by atoms with Crippen LogP contribution in [0.2, 0.25) is 0 Å². The molecule has 0 aromatic carbocycles. The Balaban J connectivity index is 0.00000544. The van der Waals surface area contributed by atoms with E-state index >= 15 is 0 Å². The van der Waals surface area contributed by atoms with Crippen molar-refractivity contribution in [3.63, 3.8) is 0 Å². The Labute approximate surface area is 210 Å². The molecule has 0 amide bonds. The Kier molecular flexibility index (Phi) is 16.0. The molecule has 10 heteroatoms. The molecule has 2 fully saturated rings. The van der Waals surface area contributed by atoms with Crippen molar-refractivity contribution in [2.24, 2.45) is 5.41 Å². The first-order valence-corrected chi connectivity index (χ1v) is 11.3. The molecule has 1 aliphatic carbocycles. The number of nitrogens with one attached hydrogen (secondary N) is 1. The van der Waals surface area contributed by atoms with Crippen molar-refractivity contribution in [2.75, 3.05) is 79.1 Å². The molecular weight excluding hydrogens is 419 g/mol. The van der Waals surface area contributed by atoms with Gasteiger partial charge in [-0.05, 0) is 37.3 Å². The van der Waals surface area contributed by atoms with Crippen LogP contribution < -0.4 is 24.6 Å². The number of hydrogen-bond acceptors (Lipinski definition) is 5. The third-order valence-corrected chi connectivity index (χ3v) is 5.89. The monoisotopic (exact) mass is 457 g/mol. The van der Waals surface area contributed by atoms with E-state index in [1.54, 1.807) is 0 Å². The Morgan fingerprint density at radius 2 is 1.52 bits per heavy atom. The van der Waals surface area contributed by atoms with Crippen molar-refractivity contribution in [1.82, 2.24) is 4.90 Å². The summed E-state index contributed by atoms with van der Waals surface area (Å²) >= 11 is 0. The van der Waals surface area contributed by atoms with E-state index in [4.69, 9.17) is 35.8 Å².